The Morgan fingerprint density at radius 1 is 1.00 bits per heavy atom. The molecule has 0 N–H and O–H groups in total. The SMILES string of the molecule is C1=NC(CCCCc2ccc(-n3ccnc3)cc2)=CCC1. The van der Waals surface area contributed by atoms with Crippen LogP contribution in [0.2, 0.25) is 0 Å². The molecule has 3 nitrogen and oxygen atoms in total. The molecule has 0 saturated carbocycles. The highest BCUT2D eigenvalue weighted by molar-refractivity contribution is 5.60. The zero-order valence-corrected chi connectivity index (χ0v) is 12.3. The van der Waals surface area contributed by atoms with E-state index in [1.807, 2.05) is 23.3 Å². The molecule has 3 heteroatoms. The number of hydrogen-bond donors (Lipinski definition) is 0. The number of aryl methyl sites for hydroxylation is 1. The van der Waals surface area contributed by atoms with Crippen molar-refractivity contribution < 1.29 is 0 Å². The van der Waals surface area contributed by atoms with Gasteiger partial charge in [-0.15, -0.1) is 0 Å². The third-order valence-corrected chi connectivity index (χ3v) is 3.82. The lowest BCUT2D eigenvalue weighted by atomic mass is 10.0. The highest BCUT2D eigenvalue weighted by Crippen LogP contribution is 2.16. The molecule has 0 atom stereocenters. The summed E-state index contributed by atoms with van der Waals surface area (Å²) in [6, 6.07) is 8.75. The lowest BCUT2D eigenvalue weighted by Gasteiger charge is -2.07. The van der Waals surface area contributed by atoms with Crippen LogP contribution in [0.25, 0.3) is 5.69 Å². The van der Waals surface area contributed by atoms with Gasteiger partial charge in [-0.05, 0) is 56.2 Å². The molecule has 0 bridgehead atoms. The number of rotatable bonds is 6. The molecule has 0 amide bonds. The zero-order chi connectivity index (χ0) is 14.3. The van der Waals surface area contributed by atoms with E-state index in [0.717, 1.165) is 31.4 Å². The largest absolute Gasteiger partial charge is 0.306 e. The smallest absolute Gasteiger partial charge is 0.0991 e. The summed E-state index contributed by atoms with van der Waals surface area (Å²) in [5, 5.41) is 0. The van der Waals surface area contributed by atoms with Crippen LogP contribution in [0, 0.1) is 0 Å². The first kappa shape index (κ1) is 13.8. The molecule has 1 aliphatic rings. The molecule has 1 aromatic carbocycles. The topological polar surface area (TPSA) is 30.2 Å². The molecule has 2 aromatic rings. The van der Waals surface area contributed by atoms with Crippen molar-refractivity contribution in [2.75, 3.05) is 0 Å². The van der Waals surface area contributed by atoms with Gasteiger partial charge in [-0.2, -0.15) is 0 Å². The molecule has 1 aliphatic heterocycles. The van der Waals surface area contributed by atoms with Crippen molar-refractivity contribution in [3.63, 3.8) is 0 Å². The average Bonchev–Trinajstić information content (AvgIpc) is 3.08. The second-order valence-electron chi connectivity index (χ2n) is 5.43. The molecule has 0 spiro atoms. The van der Waals surface area contributed by atoms with E-state index in [2.05, 4.69) is 40.3 Å². The minimum Gasteiger partial charge on any atom is -0.306 e. The summed E-state index contributed by atoms with van der Waals surface area (Å²) in [7, 11) is 0. The first-order valence-corrected chi connectivity index (χ1v) is 7.71. The predicted octanol–water partition coefficient (Wildman–Crippen LogP) is 4.33. The van der Waals surface area contributed by atoms with Crippen LogP contribution >= 0.6 is 0 Å². The maximum atomic E-state index is 4.44. The molecule has 0 unspecified atom stereocenters. The van der Waals surface area contributed by atoms with Gasteiger partial charge in [-0.25, -0.2) is 4.98 Å². The second-order valence-corrected chi connectivity index (χ2v) is 5.43. The highest BCUT2D eigenvalue weighted by Gasteiger charge is 2.00. The van der Waals surface area contributed by atoms with Gasteiger partial charge in [0, 0.05) is 30.0 Å². The summed E-state index contributed by atoms with van der Waals surface area (Å²) in [6.07, 6.45) is 16.9. The molecule has 108 valence electrons. The minimum atomic E-state index is 1.10. The normalized spacial score (nSPS) is 14.2. The maximum absolute atomic E-state index is 4.44. The Morgan fingerprint density at radius 3 is 2.57 bits per heavy atom. The van der Waals surface area contributed by atoms with E-state index >= 15 is 0 Å². The summed E-state index contributed by atoms with van der Waals surface area (Å²) < 4.78 is 2.03. The van der Waals surface area contributed by atoms with Crippen LogP contribution in [0.15, 0.2) is 59.8 Å². The van der Waals surface area contributed by atoms with Crippen molar-refractivity contribution in [2.24, 2.45) is 4.99 Å². The summed E-state index contributed by atoms with van der Waals surface area (Å²) in [5.41, 5.74) is 3.84. The Hall–Kier alpha value is -2.16. The van der Waals surface area contributed by atoms with Crippen LogP contribution in [-0.2, 0) is 6.42 Å². The lowest BCUT2D eigenvalue weighted by Crippen LogP contribution is -1.92. The fourth-order valence-corrected chi connectivity index (χ4v) is 2.61. The van der Waals surface area contributed by atoms with E-state index in [4.69, 9.17) is 0 Å². The van der Waals surface area contributed by atoms with Crippen LogP contribution in [0.5, 0.6) is 0 Å². The van der Waals surface area contributed by atoms with Crippen molar-refractivity contribution in [3.05, 3.63) is 60.3 Å². The molecule has 2 heterocycles. The Balaban J connectivity index is 1.45. The summed E-state index contributed by atoms with van der Waals surface area (Å²) in [6.45, 7) is 0. The molecule has 0 aliphatic carbocycles. The Morgan fingerprint density at radius 2 is 1.86 bits per heavy atom. The van der Waals surface area contributed by atoms with Crippen molar-refractivity contribution in [3.8, 4) is 5.69 Å². The number of hydrogen-bond acceptors (Lipinski definition) is 2. The number of allylic oxidation sites excluding steroid dienone is 2. The molecule has 1 aromatic heterocycles. The minimum absolute atomic E-state index is 1.10. The summed E-state index contributed by atoms with van der Waals surface area (Å²) >= 11 is 0. The summed E-state index contributed by atoms with van der Waals surface area (Å²) in [4.78, 5) is 8.51. The highest BCUT2D eigenvalue weighted by atomic mass is 15.0. The number of nitrogens with zero attached hydrogens (tertiary/aromatic N) is 3. The third-order valence-electron chi connectivity index (χ3n) is 3.82. The van der Waals surface area contributed by atoms with Gasteiger partial charge >= 0.3 is 0 Å². The van der Waals surface area contributed by atoms with Crippen LogP contribution < -0.4 is 0 Å². The van der Waals surface area contributed by atoms with Crippen molar-refractivity contribution >= 4 is 6.21 Å². The van der Waals surface area contributed by atoms with Gasteiger partial charge in [0.2, 0.25) is 0 Å². The monoisotopic (exact) mass is 279 g/mol. The van der Waals surface area contributed by atoms with Crippen LogP contribution in [0.4, 0.5) is 0 Å². The quantitative estimate of drug-likeness (QED) is 0.724. The van der Waals surface area contributed by atoms with Crippen molar-refractivity contribution in [1.82, 2.24) is 9.55 Å². The van der Waals surface area contributed by atoms with E-state index in [1.165, 1.54) is 24.1 Å². The Bertz CT molecular complexity index is 606. The number of aromatic nitrogens is 2. The molecule has 3 rings (SSSR count). The van der Waals surface area contributed by atoms with Crippen LogP contribution in [0.3, 0.4) is 0 Å². The molecule has 0 radical (unpaired) electrons. The van der Waals surface area contributed by atoms with Crippen LogP contribution in [0.1, 0.15) is 37.7 Å². The number of imidazole rings is 1. The van der Waals surface area contributed by atoms with Crippen LogP contribution in [-0.4, -0.2) is 15.8 Å². The average molecular weight is 279 g/mol. The zero-order valence-electron chi connectivity index (χ0n) is 12.3. The fraction of sp³-hybridized carbons (Fsp3) is 0.333. The van der Waals surface area contributed by atoms with E-state index < -0.39 is 0 Å². The van der Waals surface area contributed by atoms with Gasteiger partial charge in [0.25, 0.3) is 0 Å². The third kappa shape index (κ3) is 3.91. The van der Waals surface area contributed by atoms with E-state index in [0.29, 0.717) is 0 Å². The van der Waals surface area contributed by atoms with Gasteiger partial charge < -0.3 is 4.57 Å². The number of benzene rings is 1. The number of aliphatic imine (C=N–C) groups is 1. The van der Waals surface area contributed by atoms with Gasteiger partial charge in [-0.1, -0.05) is 18.2 Å². The maximum Gasteiger partial charge on any atom is 0.0991 e. The lowest BCUT2D eigenvalue weighted by molar-refractivity contribution is 0.721. The molecular formula is C18H21N3. The van der Waals surface area contributed by atoms with Crippen molar-refractivity contribution in [2.45, 2.75) is 38.5 Å². The van der Waals surface area contributed by atoms with Gasteiger partial charge in [0.15, 0.2) is 0 Å². The standard InChI is InChI=1S/C18H21N3/c1(2-6-17-7-3-4-12-20-17)5-16-8-10-18(11-9-16)21-14-13-19-15-21/h7-15H,1-6H2. The Kier molecular flexibility index (Phi) is 4.62. The second kappa shape index (κ2) is 7.02. The molecule has 0 fully saturated rings. The van der Waals surface area contributed by atoms with E-state index in [1.54, 1.807) is 6.20 Å². The number of unbranched alkanes of at least 4 members (excludes halogenated alkanes) is 1. The first-order chi connectivity index (χ1) is 10.4. The first-order valence-electron chi connectivity index (χ1n) is 7.71. The van der Waals surface area contributed by atoms with Gasteiger partial charge in [0.05, 0.1) is 6.33 Å². The fourth-order valence-electron chi connectivity index (χ4n) is 2.61. The van der Waals surface area contributed by atoms with E-state index in [-0.39, 0.29) is 0 Å². The molecular weight excluding hydrogens is 258 g/mol. The molecule has 21 heavy (non-hydrogen) atoms. The van der Waals surface area contributed by atoms with E-state index in [9.17, 15) is 0 Å². The summed E-state index contributed by atoms with van der Waals surface area (Å²) in [5.74, 6) is 0. The van der Waals surface area contributed by atoms with Crippen molar-refractivity contribution in [1.29, 1.82) is 0 Å². The van der Waals surface area contributed by atoms with Gasteiger partial charge in [-0.3, -0.25) is 4.99 Å². The van der Waals surface area contributed by atoms with Gasteiger partial charge in [0.1, 0.15) is 0 Å². The Labute approximate surface area is 126 Å². The molecule has 0 saturated heterocycles. The predicted molar refractivity (Wildman–Crippen MR) is 86.9 cm³/mol.